The molecule has 8 nitrogen and oxygen atoms in total. The van der Waals surface area contributed by atoms with Crippen molar-refractivity contribution in [2.75, 3.05) is 11.1 Å². The van der Waals surface area contributed by atoms with Gasteiger partial charge in [-0.15, -0.1) is 5.10 Å². The van der Waals surface area contributed by atoms with Gasteiger partial charge >= 0.3 is 0 Å². The molecule has 0 saturated heterocycles. The predicted molar refractivity (Wildman–Crippen MR) is 98.2 cm³/mol. The molecule has 0 spiro atoms. The normalized spacial score (nSPS) is 10.6. The highest BCUT2D eigenvalue weighted by molar-refractivity contribution is 9.11. The van der Waals surface area contributed by atoms with Crippen LogP contribution in [0.2, 0.25) is 0 Å². The molecule has 0 atom stereocenters. The minimum absolute atomic E-state index is 0.0784. The monoisotopic (exact) mass is 477 g/mol. The smallest absolute Gasteiger partial charge is 0.271 e. The maximum atomic E-state index is 12.1. The van der Waals surface area contributed by atoms with Crippen molar-refractivity contribution in [2.24, 2.45) is 0 Å². The minimum atomic E-state index is -0.506. The van der Waals surface area contributed by atoms with E-state index in [1.165, 1.54) is 23.9 Å². The molecule has 0 saturated carbocycles. The van der Waals surface area contributed by atoms with Gasteiger partial charge in [-0.2, -0.15) is 0 Å². The first-order chi connectivity index (χ1) is 11.4. The molecule has 1 aromatic carbocycles. The summed E-state index contributed by atoms with van der Waals surface area (Å²) < 4.78 is 0.843. The van der Waals surface area contributed by atoms with Crippen LogP contribution in [0.1, 0.15) is 19.2 Å². The summed E-state index contributed by atoms with van der Waals surface area (Å²) in [5, 5.41) is 20.9. The number of halogens is 2. The number of carbonyl (C=O) groups is 1. The number of anilines is 1. The number of rotatable bonds is 7. The van der Waals surface area contributed by atoms with E-state index in [2.05, 4.69) is 52.4 Å². The Bertz CT molecular complexity index is 745. The fourth-order valence-corrected chi connectivity index (χ4v) is 3.76. The van der Waals surface area contributed by atoms with Gasteiger partial charge in [-0.1, -0.05) is 18.7 Å². The van der Waals surface area contributed by atoms with Crippen molar-refractivity contribution in [3.63, 3.8) is 0 Å². The number of nitro benzene ring substituents is 1. The van der Waals surface area contributed by atoms with Crippen LogP contribution in [-0.4, -0.2) is 31.8 Å². The second-order valence-corrected chi connectivity index (χ2v) is 7.34. The lowest BCUT2D eigenvalue weighted by atomic mass is 10.3. The Morgan fingerprint density at radius 2 is 2.08 bits per heavy atom. The summed E-state index contributed by atoms with van der Waals surface area (Å²) in [6.45, 7) is 2.04. The van der Waals surface area contributed by atoms with Gasteiger partial charge in [0.25, 0.3) is 5.69 Å². The van der Waals surface area contributed by atoms with E-state index in [0.717, 1.165) is 18.7 Å². The van der Waals surface area contributed by atoms with Gasteiger partial charge in [0.2, 0.25) is 11.1 Å². The Morgan fingerprint density at radius 3 is 2.67 bits per heavy atom. The van der Waals surface area contributed by atoms with Crippen LogP contribution < -0.4 is 5.32 Å². The number of carbonyl (C=O) groups excluding carboxylic acids is 1. The van der Waals surface area contributed by atoms with Gasteiger partial charge in [-0.05, 0) is 38.3 Å². The minimum Gasteiger partial charge on any atom is -0.323 e. The molecule has 0 aliphatic rings. The van der Waals surface area contributed by atoms with E-state index >= 15 is 0 Å². The van der Waals surface area contributed by atoms with Crippen LogP contribution in [0.25, 0.3) is 0 Å². The van der Waals surface area contributed by atoms with Crippen LogP contribution in [0.3, 0.4) is 0 Å². The maximum Gasteiger partial charge on any atom is 0.271 e. The molecule has 128 valence electrons. The zero-order valence-electron chi connectivity index (χ0n) is 12.5. The standard InChI is InChI=1S/C13H13Br2N5O3S/c1-2-3-10-16-13(19-18-10)24-6-11(21)17-12-8(14)4-7(20(22)23)5-9(12)15/h4-5H,2-3,6H2,1H3,(H,17,21)(H,16,18,19). The Morgan fingerprint density at radius 1 is 1.42 bits per heavy atom. The lowest BCUT2D eigenvalue weighted by Gasteiger charge is -2.09. The number of H-pyrrole nitrogens is 1. The third-order valence-electron chi connectivity index (χ3n) is 2.83. The molecular weight excluding hydrogens is 466 g/mol. The second-order valence-electron chi connectivity index (χ2n) is 4.69. The summed E-state index contributed by atoms with van der Waals surface area (Å²) in [6, 6.07) is 2.67. The number of nitrogens with one attached hydrogen (secondary N) is 2. The van der Waals surface area contributed by atoms with Gasteiger partial charge in [0.05, 0.1) is 16.4 Å². The number of thioether (sulfide) groups is 1. The average molecular weight is 479 g/mol. The first-order valence-electron chi connectivity index (χ1n) is 6.88. The van der Waals surface area contributed by atoms with E-state index in [4.69, 9.17) is 0 Å². The molecule has 0 fully saturated rings. The first-order valence-corrected chi connectivity index (χ1v) is 9.45. The second kappa shape index (κ2) is 8.58. The predicted octanol–water partition coefficient (Wildman–Crippen LogP) is 3.92. The number of nitrogens with zero attached hydrogens (tertiary/aromatic N) is 3. The fourth-order valence-electron chi connectivity index (χ4n) is 1.78. The van der Waals surface area contributed by atoms with Crippen molar-refractivity contribution in [1.29, 1.82) is 0 Å². The number of hydrogen-bond acceptors (Lipinski definition) is 6. The van der Waals surface area contributed by atoms with Crippen LogP contribution in [0.4, 0.5) is 11.4 Å². The molecule has 2 aromatic rings. The molecular formula is C13H13Br2N5O3S. The highest BCUT2D eigenvalue weighted by atomic mass is 79.9. The van der Waals surface area contributed by atoms with E-state index in [-0.39, 0.29) is 17.3 Å². The quantitative estimate of drug-likeness (QED) is 0.354. The number of nitro groups is 1. The van der Waals surface area contributed by atoms with Crippen molar-refractivity contribution < 1.29 is 9.72 Å². The molecule has 2 rings (SSSR count). The summed E-state index contributed by atoms with van der Waals surface area (Å²) in [5.41, 5.74) is 0.359. The van der Waals surface area contributed by atoms with Gasteiger partial charge in [0.1, 0.15) is 5.82 Å². The lowest BCUT2D eigenvalue weighted by Crippen LogP contribution is -2.15. The Hall–Kier alpha value is -1.46. The molecule has 0 aliphatic carbocycles. The van der Waals surface area contributed by atoms with E-state index in [1.54, 1.807) is 0 Å². The summed E-state index contributed by atoms with van der Waals surface area (Å²) >= 11 is 7.66. The fraction of sp³-hybridized carbons (Fsp3) is 0.308. The van der Waals surface area contributed by atoms with E-state index in [9.17, 15) is 14.9 Å². The highest BCUT2D eigenvalue weighted by Crippen LogP contribution is 2.35. The van der Waals surface area contributed by atoms with E-state index in [1.807, 2.05) is 6.92 Å². The summed E-state index contributed by atoms with van der Waals surface area (Å²) in [5.74, 6) is 0.651. The molecule has 1 heterocycles. The molecule has 0 aliphatic heterocycles. The summed E-state index contributed by atoms with van der Waals surface area (Å²) in [4.78, 5) is 26.6. The van der Waals surface area contributed by atoms with Crippen LogP contribution in [-0.2, 0) is 11.2 Å². The number of non-ortho nitro benzene ring substituents is 1. The van der Waals surface area contributed by atoms with Gasteiger partial charge in [-0.25, -0.2) is 4.98 Å². The highest BCUT2D eigenvalue weighted by Gasteiger charge is 2.16. The SMILES string of the molecule is CCCc1nc(SCC(=O)Nc2c(Br)cc([N+](=O)[O-])cc2Br)n[nH]1. The van der Waals surface area contributed by atoms with Crippen LogP contribution in [0.5, 0.6) is 0 Å². The molecule has 24 heavy (non-hydrogen) atoms. The molecule has 1 aromatic heterocycles. The van der Waals surface area contributed by atoms with Gasteiger partial charge in [-0.3, -0.25) is 20.0 Å². The topological polar surface area (TPSA) is 114 Å². The van der Waals surface area contributed by atoms with Gasteiger partial charge < -0.3 is 5.32 Å². The number of aromatic amines is 1. The first kappa shape index (κ1) is 18.9. The van der Waals surface area contributed by atoms with Crippen LogP contribution >= 0.6 is 43.6 Å². The Kier molecular flexibility index (Phi) is 6.75. The molecule has 11 heteroatoms. The Balaban J connectivity index is 1.98. The van der Waals surface area contributed by atoms with E-state index < -0.39 is 4.92 Å². The van der Waals surface area contributed by atoms with Crippen molar-refractivity contribution in [3.8, 4) is 0 Å². The van der Waals surface area contributed by atoms with Crippen molar-refractivity contribution >= 4 is 60.9 Å². The number of amides is 1. The van der Waals surface area contributed by atoms with E-state index in [0.29, 0.717) is 19.8 Å². The molecule has 0 unspecified atom stereocenters. The Labute approximate surface area is 158 Å². The third kappa shape index (κ3) is 5.02. The van der Waals surface area contributed by atoms with Gasteiger partial charge in [0, 0.05) is 27.5 Å². The molecule has 0 radical (unpaired) electrons. The lowest BCUT2D eigenvalue weighted by molar-refractivity contribution is -0.385. The van der Waals surface area contributed by atoms with Crippen molar-refractivity contribution in [2.45, 2.75) is 24.9 Å². The molecule has 1 amide bonds. The molecule has 0 bridgehead atoms. The average Bonchev–Trinajstić information content (AvgIpc) is 2.96. The zero-order chi connectivity index (χ0) is 17.7. The number of aromatic nitrogens is 3. The van der Waals surface area contributed by atoms with Crippen molar-refractivity contribution in [3.05, 3.63) is 37.0 Å². The van der Waals surface area contributed by atoms with Gasteiger partial charge in [0.15, 0.2) is 0 Å². The number of hydrogen-bond donors (Lipinski definition) is 2. The largest absolute Gasteiger partial charge is 0.323 e. The zero-order valence-corrected chi connectivity index (χ0v) is 16.5. The van der Waals surface area contributed by atoms with Crippen molar-refractivity contribution in [1.82, 2.24) is 15.2 Å². The van der Waals surface area contributed by atoms with Crippen LogP contribution in [0.15, 0.2) is 26.2 Å². The summed E-state index contributed by atoms with van der Waals surface area (Å²) in [7, 11) is 0. The number of benzene rings is 1. The maximum absolute atomic E-state index is 12.1. The molecule has 2 N–H and O–H groups in total. The van der Waals surface area contributed by atoms with Crippen LogP contribution in [0, 0.1) is 10.1 Å². The third-order valence-corrected chi connectivity index (χ3v) is 4.93. The number of aryl methyl sites for hydroxylation is 1. The summed E-state index contributed by atoms with van der Waals surface area (Å²) in [6.07, 6.45) is 1.77.